The first-order valence-corrected chi connectivity index (χ1v) is 5.50. The summed E-state index contributed by atoms with van der Waals surface area (Å²) >= 11 is 0. The lowest BCUT2D eigenvalue weighted by Crippen LogP contribution is -2.52. The van der Waals surface area contributed by atoms with Gasteiger partial charge in [-0.2, -0.15) is 0 Å². The van der Waals surface area contributed by atoms with E-state index >= 15 is 0 Å². The molecule has 1 heterocycles. The molecule has 1 saturated heterocycles. The zero-order valence-corrected chi connectivity index (χ0v) is 10.5. The summed E-state index contributed by atoms with van der Waals surface area (Å²) in [5.41, 5.74) is 0.638. The second-order valence-corrected chi connectivity index (χ2v) is 3.92. The Bertz CT molecular complexity index is 396. The standard InChI is InChI=1S/C12H15FN2O.ClH/c1-2-15(12(16)9-7-14-8-9)11-5-3-4-10(13)6-11;/h3-6,9,14H,2,7-8H2,1H3;1H. The highest BCUT2D eigenvalue weighted by Gasteiger charge is 2.29. The fraction of sp³-hybridized carbons (Fsp3) is 0.417. The monoisotopic (exact) mass is 258 g/mol. The molecule has 94 valence electrons. The number of nitrogens with one attached hydrogen (secondary N) is 1. The van der Waals surface area contributed by atoms with E-state index in [1.54, 1.807) is 17.0 Å². The van der Waals surface area contributed by atoms with Gasteiger partial charge >= 0.3 is 0 Å². The molecule has 1 fully saturated rings. The maximum absolute atomic E-state index is 13.1. The molecular weight excluding hydrogens is 243 g/mol. The highest BCUT2D eigenvalue weighted by Crippen LogP contribution is 2.19. The zero-order chi connectivity index (χ0) is 11.5. The first-order valence-electron chi connectivity index (χ1n) is 5.50. The van der Waals surface area contributed by atoms with Crippen LogP contribution < -0.4 is 10.2 Å². The summed E-state index contributed by atoms with van der Waals surface area (Å²) in [4.78, 5) is 13.7. The molecule has 3 nitrogen and oxygen atoms in total. The van der Waals surface area contributed by atoms with E-state index in [9.17, 15) is 9.18 Å². The average molecular weight is 259 g/mol. The van der Waals surface area contributed by atoms with Crippen molar-refractivity contribution in [2.45, 2.75) is 6.92 Å². The molecule has 2 rings (SSSR count). The Balaban J connectivity index is 0.00000144. The largest absolute Gasteiger partial charge is 0.315 e. The fourth-order valence-electron chi connectivity index (χ4n) is 1.79. The number of amides is 1. The first kappa shape index (κ1) is 13.9. The average Bonchev–Trinajstić information content (AvgIpc) is 2.16. The van der Waals surface area contributed by atoms with Crippen molar-refractivity contribution in [3.05, 3.63) is 30.1 Å². The third-order valence-corrected chi connectivity index (χ3v) is 2.83. The van der Waals surface area contributed by atoms with Gasteiger partial charge in [0.2, 0.25) is 5.91 Å². The predicted octanol–water partition coefficient (Wildman–Crippen LogP) is 1.82. The topological polar surface area (TPSA) is 32.3 Å². The van der Waals surface area contributed by atoms with Gasteiger partial charge in [-0.25, -0.2) is 4.39 Å². The van der Waals surface area contributed by atoms with E-state index in [-0.39, 0.29) is 30.0 Å². The smallest absolute Gasteiger partial charge is 0.232 e. The van der Waals surface area contributed by atoms with Crippen molar-refractivity contribution in [1.29, 1.82) is 0 Å². The molecule has 0 aliphatic carbocycles. The number of carbonyl (C=O) groups excluding carboxylic acids is 1. The lowest BCUT2D eigenvalue weighted by Gasteiger charge is -2.31. The van der Waals surface area contributed by atoms with Gasteiger partial charge in [0.25, 0.3) is 0 Å². The van der Waals surface area contributed by atoms with E-state index in [0.717, 1.165) is 13.1 Å². The quantitative estimate of drug-likeness (QED) is 0.897. The number of rotatable bonds is 3. The molecule has 0 radical (unpaired) electrons. The molecule has 17 heavy (non-hydrogen) atoms. The number of benzene rings is 1. The van der Waals surface area contributed by atoms with Crippen molar-refractivity contribution >= 4 is 24.0 Å². The second kappa shape index (κ2) is 5.98. The maximum Gasteiger partial charge on any atom is 0.232 e. The Morgan fingerprint density at radius 1 is 1.53 bits per heavy atom. The SMILES string of the molecule is CCN(C(=O)C1CNC1)c1cccc(F)c1.Cl. The van der Waals surface area contributed by atoms with Gasteiger partial charge in [0.05, 0.1) is 5.92 Å². The van der Waals surface area contributed by atoms with E-state index in [4.69, 9.17) is 0 Å². The molecule has 1 aliphatic rings. The molecule has 0 unspecified atom stereocenters. The number of hydrogen-bond acceptors (Lipinski definition) is 2. The minimum Gasteiger partial charge on any atom is -0.315 e. The predicted molar refractivity (Wildman–Crippen MR) is 68.0 cm³/mol. The Labute approximate surface area is 106 Å². The van der Waals surface area contributed by atoms with Crippen molar-refractivity contribution in [2.24, 2.45) is 5.92 Å². The van der Waals surface area contributed by atoms with Crippen LogP contribution in [0.4, 0.5) is 10.1 Å². The molecular formula is C12H16ClFN2O. The molecule has 1 aliphatic heterocycles. The zero-order valence-electron chi connectivity index (χ0n) is 9.65. The van der Waals surface area contributed by atoms with Crippen molar-refractivity contribution in [3.8, 4) is 0 Å². The van der Waals surface area contributed by atoms with Crippen molar-refractivity contribution in [3.63, 3.8) is 0 Å². The Morgan fingerprint density at radius 3 is 2.71 bits per heavy atom. The van der Waals surface area contributed by atoms with Gasteiger partial charge in [0, 0.05) is 25.3 Å². The third kappa shape index (κ3) is 2.96. The van der Waals surface area contributed by atoms with Crippen molar-refractivity contribution in [2.75, 3.05) is 24.5 Å². The fourth-order valence-corrected chi connectivity index (χ4v) is 1.79. The summed E-state index contributed by atoms with van der Waals surface area (Å²) in [5, 5.41) is 3.06. The molecule has 0 saturated carbocycles. The molecule has 1 aromatic rings. The van der Waals surface area contributed by atoms with Crippen LogP contribution in [-0.2, 0) is 4.79 Å². The minimum atomic E-state index is -0.310. The molecule has 5 heteroatoms. The van der Waals surface area contributed by atoms with Gasteiger partial charge < -0.3 is 10.2 Å². The summed E-state index contributed by atoms with van der Waals surface area (Å²) in [6, 6.07) is 6.16. The second-order valence-electron chi connectivity index (χ2n) is 3.92. The molecule has 1 amide bonds. The Hall–Kier alpha value is -1.13. The number of halogens is 2. The van der Waals surface area contributed by atoms with Crippen LogP contribution in [0.5, 0.6) is 0 Å². The van der Waals surface area contributed by atoms with Crippen LogP contribution in [0, 0.1) is 11.7 Å². The number of nitrogens with zero attached hydrogens (tertiary/aromatic N) is 1. The van der Waals surface area contributed by atoms with E-state index < -0.39 is 0 Å². The van der Waals surface area contributed by atoms with Gasteiger partial charge in [0.1, 0.15) is 5.82 Å². The van der Waals surface area contributed by atoms with Gasteiger partial charge in [-0.15, -0.1) is 12.4 Å². The summed E-state index contributed by atoms with van der Waals surface area (Å²) in [6.45, 7) is 3.92. The van der Waals surface area contributed by atoms with Crippen LogP contribution in [-0.4, -0.2) is 25.5 Å². The first-order chi connectivity index (χ1) is 7.72. The normalized spacial score (nSPS) is 14.7. The van der Waals surface area contributed by atoms with Gasteiger partial charge in [-0.3, -0.25) is 4.79 Å². The minimum absolute atomic E-state index is 0. The van der Waals surface area contributed by atoms with Crippen LogP contribution in [0.3, 0.4) is 0 Å². The van der Waals surface area contributed by atoms with E-state index in [0.29, 0.717) is 12.2 Å². The van der Waals surface area contributed by atoms with Crippen LogP contribution in [0.2, 0.25) is 0 Å². The number of carbonyl (C=O) groups is 1. The van der Waals surface area contributed by atoms with Crippen LogP contribution in [0.1, 0.15) is 6.92 Å². The van der Waals surface area contributed by atoms with Gasteiger partial charge in [-0.1, -0.05) is 6.07 Å². The lowest BCUT2D eigenvalue weighted by molar-refractivity contribution is -0.123. The van der Waals surface area contributed by atoms with Gasteiger partial charge in [0.15, 0.2) is 0 Å². The van der Waals surface area contributed by atoms with Crippen LogP contribution >= 0.6 is 12.4 Å². The third-order valence-electron chi connectivity index (χ3n) is 2.83. The molecule has 1 N–H and O–H groups in total. The molecule has 0 atom stereocenters. The summed E-state index contributed by atoms with van der Waals surface area (Å²) in [5.74, 6) is -0.189. The van der Waals surface area contributed by atoms with Crippen molar-refractivity contribution < 1.29 is 9.18 Å². The number of hydrogen-bond donors (Lipinski definition) is 1. The molecule has 1 aromatic carbocycles. The van der Waals surface area contributed by atoms with E-state index in [2.05, 4.69) is 5.32 Å². The summed E-state index contributed by atoms with van der Waals surface area (Å²) in [6.07, 6.45) is 0. The summed E-state index contributed by atoms with van der Waals surface area (Å²) < 4.78 is 13.1. The Morgan fingerprint density at radius 2 is 2.24 bits per heavy atom. The van der Waals surface area contributed by atoms with Crippen LogP contribution in [0.25, 0.3) is 0 Å². The Kier molecular flexibility index (Phi) is 4.90. The lowest BCUT2D eigenvalue weighted by atomic mass is 10.0. The maximum atomic E-state index is 13.1. The molecule has 0 spiro atoms. The van der Waals surface area contributed by atoms with Gasteiger partial charge in [-0.05, 0) is 25.1 Å². The number of anilines is 1. The van der Waals surface area contributed by atoms with E-state index in [1.165, 1.54) is 12.1 Å². The van der Waals surface area contributed by atoms with Crippen LogP contribution in [0.15, 0.2) is 24.3 Å². The summed E-state index contributed by atoms with van der Waals surface area (Å²) in [7, 11) is 0. The molecule has 0 bridgehead atoms. The highest BCUT2D eigenvalue weighted by atomic mass is 35.5. The highest BCUT2D eigenvalue weighted by molar-refractivity contribution is 5.95. The molecule has 0 aromatic heterocycles. The van der Waals surface area contributed by atoms with Crippen molar-refractivity contribution in [1.82, 2.24) is 5.32 Å². The van der Waals surface area contributed by atoms with E-state index in [1.807, 2.05) is 6.92 Å².